The van der Waals surface area contributed by atoms with E-state index in [-0.39, 0.29) is 5.82 Å². The van der Waals surface area contributed by atoms with Crippen molar-refractivity contribution in [3.8, 4) is 28.5 Å². The summed E-state index contributed by atoms with van der Waals surface area (Å²) in [7, 11) is 0. The van der Waals surface area contributed by atoms with Gasteiger partial charge in [-0.05, 0) is 30.2 Å². The highest BCUT2D eigenvalue weighted by Crippen LogP contribution is 2.34. The van der Waals surface area contributed by atoms with Crippen LogP contribution >= 0.6 is 11.6 Å². The van der Waals surface area contributed by atoms with Crippen LogP contribution < -0.4 is 5.73 Å². The van der Waals surface area contributed by atoms with Crippen LogP contribution in [0.3, 0.4) is 0 Å². The van der Waals surface area contributed by atoms with Gasteiger partial charge >= 0.3 is 0 Å². The summed E-state index contributed by atoms with van der Waals surface area (Å²) < 4.78 is 0. The number of rotatable bonds is 2. The molecule has 1 heterocycles. The highest BCUT2D eigenvalue weighted by Gasteiger charge is 2.15. The zero-order chi connectivity index (χ0) is 16.4. The van der Waals surface area contributed by atoms with Gasteiger partial charge in [-0.3, -0.25) is 0 Å². The lowest BCUT2D eigenvalue weighted by Crippen LogP contribution is -2.00. The number of nitrogens with zero attached hydrogens (tertiary/aromatic N) is 2. The predicted molar refractivity (Wildman–Crippen MR) is 94.0 cm³/mol. The van der Waals surface area contributed by atoms with E-state index in [0.29, 0.717) is 16.3 Å². The molecule has 0 aliphatic carbocycles. The molecule has 3 rings (SSSR count). The Hall–Kier alpha value is -2.83. The maximum atomic E-state index is 9.47. The van der Waals surface area contributed by atoms with Crippen molar-refractivity contribution in [1.29, 1.82) is 5.26 Å². The molecule has 23 heavy (non-hydrogen) atoms. The van der Waals surface area contributed by atoms with Crippen LogP contribution in [0.1, 0.15) is 11.1 Å². The molecule has 0 saturated carbocycles. The first kappa shape index (κ1) is 15.1. The van der Waals surface area contributed by atoms with Gasteiger partial charge in [-0.1, -0.05) is 54.1 Å². The van der Waals surface area contributed by atoms with Crippen LogP contribution in [0.4, 0.5) is 5.82 Å². The quantitative estimate of drug-likeness (QED) is 0.735. The van der Waals surface area contributed by atoms with Crippen molar-refractivity contribution in [3.63, 3.8) is 0 Å². The lowest BCUT2D eigenvalue weighted by Gasteiger charge is -2.12. The highest BCUT2D eigenvalue weighted by molar-refractivity contribution is 6.33. The van der Waals surface area contributed by atoms with Crippen molar-refractivity contribution in [3.05, 3.63) is 70.7 Å². The van der Waals surface area contributed by atoms with Crippen molar-refractivity contribution in [2.24, 2.45) is 0 Å². The Bertz CT molecular complexity index is 926. The van der Waals surface area contributed by atoms with Gasteiger partial charge < -0.3 is 5.73 Å². The van der Waals surface area contributed by atoms with Gasteiger partial charge in [0.15, 0.2) is 0 Å². The maximum Gasteiger partial charge on any atom is 0.142 e. The largest absolute Gasteiger partial charge is 0.383 e. The molecule has 2 aromatic carbocycles. The van der Waals surface area contributed by atoms with E-state index in [0.717, 1.165) is 22.3 Å². The fraction of sp³-hybridized carbons (Fsp3) is 0.0526. The van der Waals surface area contributed by atoms with Gasteiger partial charge in [-0.2, -0.15) is 5.26 Å². The second-order valence-electron chi connectivity index (χ2n) is 5.22. The summed E-state index contributed by atoms with van der Waals surface area (Å²) in [6.07, 6.45) is 0. The SMILES string of the molecule is Cc1ccccc1-c1cc(-c2ccccc2Cl)nc(N)c1C#N. The Balaban J connectivity index is 2.30. The van der Waals surface area contributed by atoms with Crippen LogP contribution in [-0.2, 0) is 0 Å². The smallest absolute Gasteiger partial charge is 0.142 e. The van der Waals surface area contributed by atoms with Gasteiger partial charge in [0.25, 0.3) is 0 Å². The van der Waals surface area contributed by atoms with E-state index in [1.54, 1.807) is 6.07 Å². The molecule has 4 heteroatoms. The average molecular weight is 320 g/mol. The molecule has 0 amide bonds. The lowest BCUT2D eigenvalue weighted by molar-refractivity contribution is 1.30. The van der Waals surface area contributed by atoms with Crippen molar-refractivity contribution >= 4 is 17.4 Å². The predicted octanol–water partition coefficient (Wildman–Crippen LogP) is 4.83. The molecule has 0 spiro atoms. The van der Waals surface area contributed by atoms with E-state index >= 15 is 0 Å². The number of hydrogen-bond donors (Lipinski definition) is 1. The number of pyridine rings is 1. The van der Waals surface area contributed by atoms with E-state index in [4.69, 9.17) is 17.3 Å². The standard InChI is InChI=1S/C19H14ClN3/c1-12-6-2-3-7-13(12)15-10-18(23-19(22)16(15)11-21)14-8-4-5-9-17(14)20/h2-10H,1H3,(H2,22,23). The Kier molecular flexibility index (Phi) is 4.01. The minimum Gasteiger partial charge on any atom is -0.383 e. The van der Waals surface area contributed by atoms with Crippen molar-refractivity contribution in [2.45, 2.75) is 6.92 Å². The summed E-state index contributed by atoms with van der Waals surface area (Å²) in [6.45, 7) is 2.00. The lowest BCUT2D eigenvalue weighted by atomic mass is 9.95. The summed E-state index contributed by atoms with van der Waals surface area (Å²) >= 11 is 6.27. The number of aryl methyl sites for hydroxylation is 1. The Morgan fingerprint density at radius 1 is 1.00 bits per heavy atom. The van der Waals surface area contributed by atoms with E-state index in [9.17, 15) is 5.26 Å². The number of hydrogen-bond acceptors (Lipinski definition) is 3. The Labute approximate surface area is 140 Å². The minimum atomic E-state index is 0.211. The molecule has 3 aromatic rings. The number of aromatic nitrogens is 1. The second kappa shape index (κ2) is 6.12. The third-order valence-corrected chi connectivity index (χ3v) is 4.07. The van der Waals surface area contributed by atoms with Gasteiger partial charge in [0.05, 0.1) is 5.69 Å². The third kappa shape index (κ3) is 2.77. The first-order valence-corrected chi connectivity index (χ1v) is 7.51. The number of benzene rings is 2. The van der Waals surface area contributed by atoms with Gasteiger partial charge in [0.2, 0.25) is 0 Å². The zero-order valence-electron chi connectivity index (χ0n) is 12.5. The molecule has 0 aliphatic heterocycles. The number of nitrogen functional groups attached to an aromatic ring is 1. The molecular formula is C19H14ClN3. The maximum absolute atomic E-state index is 9.47. The average Bonchev–Trinajstić information content (AvgIpc) is 2.55. The Morgan fingerprint density at radius 2 is 1.65 bits per heavy atom. The normalized spacial score (nSPS) is 10.3. The Morgan fingerprint density at radius 3 is 2.30 bits per heavy atom. The van der Waals surface area contributed by atoms with Crippen LogP contribution in [0.5, 0.6) is 0 Å². The molecule has 0 saturated heterocycles. The van der Waals surface area contributed by atoms with Gasteiger partial charge in [0, 0.05) is 16.1 Å². The van der Waals surface area contributed by atoms with Gasteiger partial charge in [-0.15, -0.1) is 0 Å². The van der Waals surface area contributed by atoms with E-state index < -0.39 is 0 Å². The first-order valence-electron chi connectivity index (χ1n) is 7.13. The second-order valence-corrected chi connectivity index (χ2v) is 5.63. The van der Waals surface area contributed by atoms with E-state index in [1.165, 1.54) is 0 Å². The third-order valence-electron chi connectivity index (χ3n) is 3.74. The molecule has 1 aromatic heterocycles. The molecule has 0 radical (unpaired) electrons. The van der Waals surface area contributed by atoms with Crippen molar-refractivity contribution < 1.29 is 0 Å². The fourth-order valence-electron chi connectivity index (χ4n) is 2.58. The zero-order valence-corrected chi connectivity index (χ0v) is 13.3. The van der Waals surface area contributed by atoms with Crippen LogP contribution in [0, 0.1) is 18.3 Å². The summed E-state index contributed by atoms with van der Waals surface area (Å²) in [4.78, 5) is 4.36. The highest BCUT2D eigenvalue weighted by atomic mass is 35.5. The number of nitrogens with two attached hydrogens (primary N) is 1. The summed E-state index contributed by atoms with van der Waals surface area (Å²) in [6, 6.07) is 19.4. The van der Waals surface area contributed by atoms with Crippen molar-refractivity contribution in [2.75, 3.05) is 5.73 Å². The monoisotopic (exact) mass is 319 g/mol. The van der Waals surface area contributed by atoms with Crippen molar-refractivity contribution in [1.82, 2.24) is 4.98 Å². The molecule has 0 unspecified atom stereocenters. The van der Waals surface area contributed by atoms with Crippen LogP contribution in [-0.4, -0.2) is 4.98 Å². The molecule has 112 valence electrons. The van der Waals surface area contributed by atoms with Gasteiger partial charge in [-0.25, -0.2) is 4.98 Å². The van der Waals surface area contributed by atoms with E-state index in [2.05, 4.69) is 11.1 Å². The number of nitriles is 1. The summed E-state index contributed by atoms with van der Waals surface area (Å²) in [5, 5.41) is 10.1. The summed E-state index contributed by atoms with van der Waals surface area (Å²) in [5.74, 6) is 0.211. The fourth-order valence-corrected chi connectivity index (χ4v) is 2.81. The molecule has 0 fully saturated rings. The van der Waals surface area contributed by atoms with Crippen LogP contribution in [0.25, 0.3) is 22.4 Å². The molecule has 3 nitrogen and oxygen atoms in total. The molecule has 0 aliphatic rings. The van der Waals surface area contributed by atoms with Crippen LogP contribution in [0.2, 0.25) is 5.02 Å². The number of halogens is 1. The number of anilines is 1. The minimum absolute atomic E-state index is 0.211. The molecule has 2 N–H and O–H groups in total. The molecule has 0 atom stereocenters. The summed E-state index contributed by atoms with van der Waals surface area (Å²) in [5.41, 5.74) is 10.7. The molecule has 0 bridgehead atoms. The topological polar surface area (TPSA) is 62.7 Å². The molecular weight excluding hydrogens is 306 g/mol. The van der Waals surface area contributed by atoms with Crippen LogP contribution in [0.15, 0.2) is 54.6 Å². The first-order chi connectivity index (χ1) is 11.1. The van der Waals surface area contributed by atoms with Gasteiger partial charge in [0.1, 0.15) is 17.5 Å². The van der Waals surface area contributed by atoms with E-state index in [1.807, 2.05) is 55.5 Å².